The first-order valence-electron chi connectivity index (χ1n) is 9.94. The number of hydrogen-bond donors (Lipinski definition) is 1. The lowest BCUT2D eigenvalue weighted by atomic mass is 10.1. The van der Waals surface area contributed by atoms with Crippen LogP contribution in [0, 0.1) is 28.4 Å². The highest BCUT2D eigenvalue weighted by Crippen LogP contribution is 2.33. The van der Waals surface area contributed by atoms with Crippen molar-refractivity contribution in [3.05, 3.63) is 87.6 Å². The maximum Gasteiger partial charge on any atom is 0.287 e. The molecule has 3 aromatic rings. The van der Waals surface area contributed by atoms with E-state index in [1.807, 2.05) is 25.1 Å². The van der Waals surface area contributed by atoms with Gasteiger partial charge in [-0.25, -0.2) is 4.98 Å². The monoisotopic (exact) mass is 444 g/mol. The van der Waals surface area contributed by atoms with Crippen molar-refractivity contribution in [2.45, 2.75) is 13.8 Å². The number of carbonyl (C=O) groups excluding carboxylic acids is 1. The van der Waals surface area contributed by atoms with E-state index in [-0.39, 0.29) is 17.1 Å². The second-order valence-corrected chi connectivity index (χ2v) is 6.84. The largest absolute Gasteiger partial charge is 0.490 e. The molecule has 0 spiro atoms. The summed E-state index contributed by atoms with van der Waals surface area (Å²) in [7, 11) is 0. The van der Waals surface area contributed by atoms with Gasteiger partial charge in [-0.2, -0.15) is 5.26 Å². The minimum absolute atomic E-state index is 0.0799. The van der Waals surface area contributed by atoms with Gasteiger partial charge in [0.1, 0.15) is 17.8 Å². The van der Waals surface area contributed by atoms with Gasteiger partial charge in [0.05, 0.1) is 11.5 Å². The SMILES string of the molecule is CCOc1cc(/C=C(/C#N)C(=O)Nc2ccc(C)cc2)ccc1Oc1ccc([N+](=O)[O-])cn1. The smallest absolute Gasteiger partial charge is 0.287 e. The molecule has 0 aliphatic rings. The number of amides is 1. The fourth-order valence-electron chi connectivity index (χ4n) is 2.77. The lowest BCUT2D eigenvalue weighted by Crippen LogP contribution is -2.13. The van der Waals surface area contributed by atoms with Crippen LogP contribution < -0.4 is 14.8 Å². The fraction of sp³-hybridized carbons (Fsp3) is 0.125. The Bertz CT molecular complexity index is 1230. The molecule has 1 aromatic heterocycles. The number of carbonyl (C=O) groups is 1. The van der Waals surface area contributed by atoms with Gasteiger partial charge in [-0.05, 0) is 49.8 Å². The Balaban J connectivity index is 1.82. The summed E-state index contributed by atoms with van der Waals surface area (Å²) in [6.45, 7) is 4.08. The summed E-state index contributed by atoms with van der Waals surface area (Å²) in [5.74, 6) is 0.315. The summed E-state index contributed by atoms with van der Waals surface area (Å²) in [4.78, 5) is 26.7. The number of nitriles is 1. The molecule has 0 saturated carbocycles. The molecule has 0 unspecified atom stereocenters. The highest BCUT2D eigenvalue weighted by Gasteiger charge is 2.13. The highest BCUT2D eigenvalue weighted by molar-refractivity contribution is 6.09. The van der Waals surface area contributed by atoms with Crippen LogP contribution in [0.4, 0.5) is 11.4 Å². The molecule has 9 nitrogen and oxygen atoms in total. The number of nitrogens with zero attached hydrogens (tertiary/aromatic N) is 3. The summed E-state index contributed by atoms with van der Waals surface area (Å²) in [5.41, 5.74) is 1.96. The van der Waals surface area contributed by atoms with Crippen LogP contribution in [0.2, 0.25) is 0 Å². The Hall–Kier alpha value is -4.71. The zero-order chi connectivity index (χ0) is 23.8. The number of rotatable bonds is 8. The molecule has 0 bridgehead atoms. The quantitative estimate of drug-likeness (QED) is 0.223. The second-order valence-electron chi connectivity index (χ2n) is 6.84. The van der Waals surface area contributed by atoms with Gasteiger partial charge in [-0.1, -0.05) is 23.8 Å². The number of pyridine rings is 1. The number of nitrogens with one attached hydrogen (secondary N) is 1. The van der Waals surface area contributed by atoms with Crippen molar-refractivity contribution >= 4 is 23.4 Å². The highest BCUT2D eigenvalue weighted by atomic mass is 16.6. The second kappa shape index (κ2) is 10.5. The molecule has 0 aliphatic heterocycles. The predicted octanol–water partition coefficient (Wildman–Crippen LogP) is 5.03. The number of ether oxygens (including phenoxy) is 2. The molecule has 9 heteroatoms. The molecular weight excluding hydrogens is 424 g/mol. The molecule has 166 valence electrons. The third-order valence-electron chi connectivity index (χ3n) is 4.40. The van der Waals surface area contributed by atoms with Crippen LogP contribution in [0.5, 0.6) is 17.4 Å². The van der Waals surface area contributed by atoms with Crippen molar-refractivity contribution in [2.75, 3.05) is 11.9 Å². The standard InChI is InChI=1S/C24H20N4O5/c1-3-32-22-13-17(6-10-21(22)33-23-11-9-20(15-26-23)28(30)31)12-18(14-25)24(29)27-19-7-4-16(2)5-8-19/h4-13,15H,3H2,1-2H3,(H,27,29)/b18-12-. The minimum Gasteiger partial charge on any atom is -0.490 e. The van der Waals surface area contributed by atoms with Gasteiger partial charge in [0.25, 0.3) is 11.6 Å². The molecule has 2 aromatic carbocycles. The van der Waals surface area contributed by atoms with Crippen molar-refractivity contribution in [2.24, 2.45) is 0 Å². The number of anilines is 1. The Morgan fingerprint density at radius 3 is 2.55 bits per heavy atom. The van der Waals surface area contributed by atoms with Gasteiger partial charge >= 0.3 is 0 Å². The van der Waals surface area contributed by atoms with E-state index in [0.29, 0.717) is 29.4 Å². The van der Waals surface area contributed by atoms with E-state index in [4.69, 9.17) is 9.47 Å². The molecule has 0 aliphatic carbocycles. The number of benzene rings is 2. The Kier molecular flexibility index (Phi) is 7.34. The first-order chi connectivity index (χ1) is 15.9. The van der Waals surface area contributed by atoms with Gasteiger partial charge in [0.15, 0.2) is 11.5 Å². The third-order valence-corrected chi connectivity index (χ3v) is 4.40. The van der Waals surface area contributed by atoms with E-state index >= 15 is 0 Å². The van der Waals surface area contributed by atoms with E-state index < -0.39 is 10.8 Å². The topological polar surface area (TPSA) is 127 Å². The third kappa shape index (κ3) is 6.15. The van der Waals surface area contributed by atoms with Crippen molar-refractivity contribution in [3.8, 4) is 23.4 Å². The molecule has 1 heterocycles. The van der Waals surface area contributed by atoms with Gasteiger partial charge in [-0.3, -0.25) is 14.9 Å². The zero-order valence-electron chi connectivity index (χ0n) is 17.9. The van der Waals surface area contributed by atoms with Crippen molar-refractivity contribution in [1.29, 1.82) is 5.26 Å². The van der Waals surface area contributed by atoms with Crippen LogP contribution in [0.25, 0.3) is 6.08 Å². The van der Waals surface area contributed by atoms with Crippen LogP contribution >= 0.6 is 0 Å². The minimum atomic E-state index is -0.550. The Labute approximate surface area is 190 Å². The normalized spacial score (nSPS) is 10.8. The molecule has 0 saturated heterocycles. The molecule has 0 fully saturated rings. The maximum atomic E-state index is 12.5. The fourth-order valence-corrected chi connectivity index (χ4v) is 2.77. The number of aromatic nitrogens is 1. The lowest BCUT2D eigenvalue weighted by molar-refractivity contribution is -0.385. The number of aryl methyl sites for hydroxylation is 1. The lowest BCUT2D eigenvalue weighted by Gasteiger charge is -2.12. The van der Waals surface area contributed by atoms with E-state index in [2.05, 4.69) is 10.3 Å². The van der Waals surface area contributed by atoms with Gasteiger partial charge in [-0.15, -0.1) is 0 Å². The van der Waals surface area contributed by atoms with Crippen LogP contribution in [-0.2, 0) is 4.79 Å². The summed E-state index contributed by atoms with van der Waals surface area (Å²) in [5, 5.41) is 22.9. The van der Waals surface area contributed by atoms with Crippen LogP contribution in [0.3, 0.4) is 0 Å². The molecular formula is C24H20N4O5. The summed E-state index contributed by atoms with van der Waals surface area (Å²) in [6.07, 6.45) is 2.54. The Morgan fingerprint density at radius 2 is 1.94 bits per heavy atom. The number of hydrogen-bond acceptors (Lipinski definition) is 7. The van der Waals surface area contributed by atoms with E-state index in [0.717, 1.165) is 11.8 Å². The van der Waals surface area contributed by atoms with E-state index in [1.165, 1.54) is 18.2 Å². The van der Waals surface area contributed by atoms with Crippen molar-refractivity contribution in [3.63, 3.8) is 0 Å². The van der Waals surface area contributed by atoms with Crippen LogP contribution in [0.15, 0.2) is 66.4 Å². The van der Waals surface area contributed by atoms with E-state index in [9.17, 15) is 20.2 Å². The zero-order valence-corrected chi connectivity index (χ0v) is 17.9. The first-order valence-corrected chi connectivity index (χ1v) is 9.94. The number of nitro groups is 1. The van der Waals surface area contributed by atoms with Crippen LogP contribution in [-0.4, -0.2) is 22.4 Å². The van der Waals surface area contributed by atoms with Crippen molar-refractivity contribution < 1.29 is 19.2 Å². The maximum absolute atomic E-state index is 12.5. The molecule has 1 amide bonds. The van der Waals surface area contributed by atoms with Gasteiger partial charge in [0, 0.05) is 17.8 Å². The first kappa shape index (κ1) is 23.0. The summed E-state index contributed by atoms with van der Waals surface area (Å²) in [6, 6.07) is 16.7. The van der Waals surface area contributed by atoms with Crippen LogP contribution in [0.1, 0.15) is 18.1 Å². The molecule has 0 atom stereocenters. The summed E-state index contributed by atoms with van der Waals surface area (Å²) >= 11 is 0. The average Bonchev–Trinajstić information content (AvgIpc) is 2.81. The predicted molar refractivity (Wildman–Crippen MR) is 122 cm³/mol. The Morgan fingerprint density at radius 1 is 1.18 bits per heavy atom. The van der Waals surface area contributed by atoms with Gasteiger partial charge in [0.2, 0.25) is 5.88 Å². The van der Waals surface area contributed by atoms with E-state index in [1.54, 1.807) is 37.3 Å². The molecule has 33 heavy (non-hydrogen) atoms. The molecule has 1 N–H and O–H groups in total. The molecule has 3 rings (SSSR count). The molecule has 0 radical (unpaired) electrons. The van der Waals surface area contributed by atoms with Crippen molar-refractivity contribution in [1.82, 2.24) is 4.98 Å². The van der Waals surface area contributed by atoms with Gasteiger partial charge < -0.3 is 14.8 Å². The average molecular weight is 444 g/mol. The summed E-state index contributed by atoms with van der Waals surface area (Å²) < 4.78 is 11.3.